The molecule has 4 aromatic carbocycles. The van der Waals surface area contributed by atoms with Crippen LogP contribution >= 0.6 is 34.9 Å². The van der Waals surface area contributed by atoms with Crippen LogP contribution in [0.2, 0.25) is 0 Å². The number of fused-ring (bicyclic) bond motifs is 2. The summed E-state index contributed by atoms with van der Waals surface area (Å²) < 4.78 is 3.45. The van der Waals surface area contributed by atoms with E-state index in [2.05, 4.69) is 50.1 Å². The van der Waals surface area contributed by atoms with Crippen molar-refractivity contribution in [3.63, 3.8) is 0 Å². The first-order chi connectivity index (χ1) is 21.8. The van der Waals surface area contributed by atoms with Crippen molar-refractivity contribution in [2.45, 2.75) is 15.9 Å². The predicted octanol–water partition coefficient (Wildman–Crippen LogP) is 6.54. The molecule has 2 aromatic heterocycles. The van der Waals surface area contributed by atoms with Crippen LogP contribution in [0.3, 0.4) is 0 Å². The van der Waals surface area contributed by atoms with Crippen LogP contribution in [0.5, 0.6) is 0 Å². The van der Waals surface area contributed by atoms with E-state index in [1.807, 2.05) is 41.9 Å². The zero-order valence-corrected chi connectivity index (χ0v) is 26.2. The molecule has 2 amide bonds. The number of hydrogen-bond donors (Lipinski definition) is 2. The maximum Gasteiger partial charge on any atom is 0.292 e. The highest BCUT2D eigenvalue weighted by molar-refractivity contribution is 8.01. The SMILES string of the molecule is Cn1c(Cc2cccc3ccccc23)nnc1SCC(=O)Nc1ccc2nc(SCC(=O)Nc3ccccc3[N+](=O)[O-])sc2c1. The minimum atomic E-state index is -0.536. The Morgan fingerprint density at radius 1 is 0.911 bits per heavy atom. The van der Waals surface area contributed by atoms with Gasteiger partial charge in [0.05, 0.1) is 26.6 Å². The predicted molar refractivity (Wildman–Crippen MR) is 179 cm³/mol. The number of nitro benzene ring substituents is 1. The van der Waals surface area contributed by atoms with Gasteiger partial charge in [0.2, 0.25) is 11.8 Å². The molecule has 2 heterocycles. The number of anilines is 2. The van der Waals surface area contributed by atoms with E-state index in [0.29, 0.717) is 21.6 Å². The lowest BCUT2D eigenvalue weighted by atomic mass is 10.0. The molecule has 14 heteroatoms. The average Bonchev–Trinajstić information content (AvgIpc) is 3.61. The van der Waals surface area contributed by atoms with E-state index in [9.17, 15) is 19.7 Å². The first-order valence-corrected chi connectivity index (χ1v) is 16.5. The summed E-state index contributed by atoms with van der Waals surface area (Å²) in [6, 6.07) is 25.9. The third kappa shape index (κ3) is 7.14. The highest BCUT2D eigenvalue weighted by atomic mass is 32.2. The quantitative estimate of drug-likeness (QED) is 0.0903. The monoisotopic (exact) mass is 655 g/mol. The Labute approximate surface area is 269 Å². The van der Waals surface area contributed by atoms with Crippen LogP contribution in [-0.2, 0) is 23.1 Å². The number of hydrogen-bond acceptors (Lipinski definition) is 10. The van der Waals surface area contributed by atoms with Crippen molar-refractivity contribution >= 4 is 84.7 Å². The van der Waals surface area contributed by atoms with E-state index in [1.165, 1.54) is 63.3 Å². The van der Waals surface area contributed by atoms with E-state index in [0.717, 1.165) is 16.0 Å². The Morgan fingerprint density at radius 2 is 1.67 bits per heavy atom. The second kappa shape index (κ2) is 13.5. The lowest BCUT2D eigenvalue weighted by Crippen LogP contribution is -2.15. The number of carbonyl (C=O) groups excluding carboxylic acids is 2. The second-order valence-corrected chi connectivity index (χ2v) is 13.1. The molecular weight excluding hydrogens is 631 g/mol. The molecule has 0 aliphatic carbocycles. The molecule has 0 spiro atoms. The summed E-state index contributed by atoms with van der Waals surface area (Å²) in [7, 11) is 1.91. The van der Waals surface area contributed by atoms with E-state index in [1.54, 1.807) is 18.2 Å². The van der Waals surface area contributed by atoms with Crippen molar-refractivity contribution in [3.05, 3.63) is 106 Å². The van der Waals surface area contributed by atoms with Crippen molar-refractivity contribution in [2.75, 3.05) is 22.1 Å². The fourth-order valence-electron chi connectivity index (χ4n) is 4.66. The largest absolute Gasteiger partial charge is 0.325 e. The maximum absolute atomic E-state index is 12.8. The van der Waals surface area contributed by atoms with Gasteiger partial charge in [0.25, 0.3) is 5.69 Å². The molecule has 6 rings (SSSR count). The molecule has 0 saturated carbocycles. The van der Waals surface area contributed by atoms with E-state index >= 15 is 0 Å². The van der Waals surface area contributed by atoms with Crippen LogP contribution in [0.4, 0.5) is 17.1 Å². The van der Waals surface area contributed by atoms with Gasteiger partial charge in [-0.05, 0) is 40.6 Å². The van der Waals surface area contributed by atoms with E-state index in [4.69, 9.17) is 0 Å². The number of nitro groups is 1. The normalized spacial score (nSPS) is 11.1. The molecular formula is C31H25N7O4S3. The van der Waals surface area contributed by atoms with Gasteiger partial charge < -0.3 is 15.2 Å². The fraction of sp³-hybridized carbons (Fsp3) is 0.129. The van der Waals surface area contributed by atoms with E-state index in [-0.39, 0.29) is 34.7 Å². The lowest BCUT2D eigenvalue weighted by molar-refractivity contribution is -0.383. The number of carbonyl (C=O) groups is 2. The number of thiazole rings is 1. The molecule has 2 N–H and O–H groups in total. The van der Waals surface area contributed by atoms with Gasteiger partial charge in [0.1, 0.15) is 11.5 Å². The first-order valence-electron chi connectivity index (χ1n) is 13.7. The fourth-order valence-corrected chi connectivity index (χ4v) is 7.30. The number of thioether (sulfide) groups is 2. The highest BCUT2D eigenvalue weighted by Crippen LogP contribution is 2.32. The Bertz CT molecular complexity index is 2050. The second-order valence-electron chi connectivity index (χ2n) is 9.88. The van der Waals surface area contributed by atoms with Crippen molar-refractivity contribution in [3.8, 4) is 0 Å². The summed E-state index contributed by atoms with van der Waals surface area (Å²) in [5.74, 6) is 0.471. The molecule has 0 radical (unpaired) electrons. The minimum Gasteiger partial charge on any atom is -0.325 e. The van der Waals surface area contributed by atoms with Crippen LogP contribution in [0.1, 0.15) is 11.4 Å². The molecule has 0 aliphatic rings. The number of amides is 2. The number of nitrogens with one attached hydrogen (secondary N) is 2. The number of aromatic nitrogens is 4. The van der Waals surface area contributed by atoms with Crippen molar-refractivity contribution in [1.82, 2.24) is 19.7 Å². The number of rotatable bonds is 11. The summed E-state index contributed by atoms with van der Waals surface area (Å²) in [6.45, 7) is 0. The molecule has 0 atom stereocenters. The molecule has 0 fully saturated rings. The van der Waals surface area contributed by atoms with Crippen LogP contribution < -0.4 is 10.6 Å². The summed E-state index contributed by atoms with van der Waals surface area (Å²) in [4.78, 5) is 40.4. The van der Waals surface area contributed by atoms with Crippen molar-refractivity contribution in [1.29, 1.82) is 0 Å². The third-order valence-electron chi connectivity index (χ3n) is 6.84. The van der Waals surface area contributed by atoms with Crippen LogP contribution in [0, 0.1) is 10.1 Å². The topological polar surface area (TPSA) is 145 Å². The molecule has 0 aliphatic heterocycles. The van der Waals surface area contributed by atoms with Crippen LogP contribution in [0.15, 0.2) is 94.4 Å². The van der Waals surface area contributed by atoms with Gasteiger partial charge in [-0.3, -0.25) is 19.7 Å². The maximum atomic E-state index is 12.8. The summed E-state index contributed by atoms with van der Waals surface area (Å²) in [5.41, 5.74) is 2.53. The number of nitrogens with zero attached hydrogens (tertiary/aromatic N) is 5. The van der Waals surface area contributed by atoms with Crippen molar-refractivity contribution in [2.24, 2.45) is 7.05 Å². The Kier molecular flexibility index (Phi) is 9.05. The summed E-state index contributed by atoms with van der Waals surface area (Å²) >= 11 is 3.95. The summed E-state index contributed by atoms with van der Waals surface area (Å²) in [6.07, 6.45) is 0.632. The number of para-hydroxylation sites is 2. The average molecular weight is 656 g/mol. The van der Waals surface area contributed by atoms with Gasteiger partial charge in [-0.1, -0.05) is 78.1 Å². The van der Waals surface area contributed by atoms with Gasteiger partial charge in [0.15, 0.2) is 9.50 Å². The number of benzene rings is 4. The van der Waals surface area contributed by atoms with Gasteiger partial charge >= 0.3 is 0 Å². The lowest BCUT2D eigenvalue weighted by Gasteiger charge is -2.07. The molecule has 6 aromatic rings. The Morgan fingerprint density at radius 3 is 2.53 bits per heavy atom. The molecule has 226 valence electrons. The molecule has 0 bridgehead atoms. The first kappa shape index (κ1) is 30.2. The molecule has 45 heavy (non-hydrogen) atoms. The smallest absolute Gasteiger partial charge is 0.292 e. The standard InChI is InChI=1S/C31H25N7O4S3/c1-37-27(15-20-9-6-8-19-7-2-3-10-22(19)20)35-36-30(37)43-17-28(39)32-21-13-14-24-26(16-21)45-31(34-24)44-18-29(40)33-23-11-4-5-12-25(23)38(41)42/h2-14,16H,15,17-18H2,1H3,(H,32,39)(H,33,40). The zero-order chi connectivity index (χ0) is 31.3. The molecule has 11 nitrogen and oxygen atoms in total. The Balaban J connectivity index is 1.02. The Hall–Kier alpha value is -4.79. The highest BCUT2D eigenvalue weighted by Gasteiger charge is 2.17. The van der Waals surface area contributed by atoms with Gasteiger partial charge in [0, 0.05) is 25.2 Å². The van der Waals surface area contributed by atoms with Crippen molar-refractivity contribution < 1.29 is 14.5 Å². The third-order valence-corrected chi connectivity index (χ3v) is 10.0. The van der Waals surface area contributed by atoms with Gasteiger partial charge in [-0.15, -0.1) is 21.5 Å². The van der Waals surface area contributed by atoms with E-state index < -0.39 is 4.92 Å². The van der Waals surface area contributed by atoms with Crippen LogP contribution in [0.25, 0.3) is 21.0 Å². The van der Waals surface area contributed by atoms with Gasteiger partial charge in [-0.2, -0.15) is 0 Å². The molecule has 0 saturated heterocycles. The molecule has 0 unspecified atom stereocenters. The van der Waals surface area contributed by atoms with Gasteiger partial charge in [-0.25, -0.2) is 4.98 Å². The minimum absolute atomic E-state index is 0.0401. The van der Waals surface area contributed by atoms with Crippen LogP contribution in [-0.4, -0.2) is 48.0 Å². The zero-order valence-electron chi connectivity index (χ0n) is 23.8. The summed E-state index contributed by atoms with van der Waals surface area (Å²) in [5, 5.41) is 28.4.